The molecule has 112 valence electrons. The van der Waals surface area contributed by atoms with Gasteiger partial charge in [-0.25, -0.2) is 9.48 Å². The molecule has 0 aliphatic heterocycles. The lowest BCUT2D eigenvalue weighted by molar-refractivity contribution is 0.0380. The lowest BCUT2D eigenvalue weighted by Gasteiger charge is -2.05. The van der Waals surface area contributed by atoms with E-state index >= 15 is 0 Å². The zero-order valence-electron chi connectivity index (χ0n) is 11.7. The van der Waals surface area contributed by atoms with Crippen LogP contribution in [-0.4, -0.2) is 46.3 Å². The van der Waals surface area contributed by atoms with Crippen molar-refractivity contribution in [1.82, 2.24) is 20.0 Å². The maximum Gasteiger partial charge on any atom is 0.360 e. The van der Waals surface area contributed by atoms with Crippen molar-refractivity contribution in [3.8, 4) is 0 Å². The Bertz CT molecular complexity index is 630. The number of ether oxygens (including phenoxy) is 2. The van der Waals surface area contributed by atoms with Crippen LogP contribution in [-0.2, 0) is 16.0 Å². The summed E-state index contributed by atoms with van der Waals surface area (Å²) in [4.78, 5) is 15.9. The van der Waals surface area contributed by atoms with E-state index in [9.17, 15) is 4.79 Å². The van der Waals surface area contributed by atoms with Crippen LogP contribution in [0.2, 0.25) is 0 Å². The van der Waals surface area contributed by atoms with Crippen LogP contribution >= 0.6 is 15.9 Å². The van der Waals surface area contributed by atoms with Crippen LogP contribution in [0.15, 0.2) is 22.9 Å². The van der Waals surface area contributed by atoms with Crippen molar-refractivity contribution in [3.63, 3.8) is 0 Å². The highest BCUT2D eigenvalue weighted by Gasteiger charge is 2.18. The molecule has 0 radical (unpaired) electrons. The minimum absolute atomic E-state index is 0.192. The van der Waals surface area contributed by atoms with Gasteiger partial charge in [-0.1, -0.05) is 5.21 Å². The van der Waals surface area contributed by atoms with E-state index in [1.807, 2.05) is 6.07 Å². The monoisotopic (exact) mass is 354 g/mol. The van der Waals surface area contributed by atoms with Gasteiger partial charge in [-0.05, 0) is 34.5 Å². The van der Waals surface area contributed by atoms with Crippen molar-refractivity contribution in [2.24, 2.45) is 0 Å². The van der Waals surface area contributed by atoms with Crippen molar-refractivity contribution >= 4 is 21.9 Å². The van der Waals surface area contributed by atoms with Gasteiger partial charge < -0.3 is 9.47 Å². The Morgan fingerprint density at radius 3 is 2.90 bits per heavy atom. The van der Waals surface area contributed by atoms with E-state index in [1.165, 1.54) is 0 Å². The van der Waals surface area contributed by atoms with Crippen LogP contribution in [0.3, 0.4) is 0 Å². The Morgan fingerprint density at radius 2 is 2.19 bits per heavy atom. The number of pyridine rings is 1. The Kier molecular flexibility index (Phi) is 5.40. The SMILES string of the molecule is COCCOC(=O)c1nnn(Cc2cncc(Br)c2)c1C. The van der Waals surface area contributed by atoms with E-state index in [2.05, 4.69) is 31.2 Å². The van der Waals surface area contributed by atoms with Gasteiger partial charge in [0.15, 0.2) is 5.69 Å². The van der Waals surface area contributed by atoms with Gasteiger partial charge in [-0.3, -0.25) is 4.98 Å². The molecule has 21 heavy (non-hydrogen) atoms. The Balaban J connectivity index is 2.08. The Morgan fingerprint density at radius 1 is 1.38 bits per heavy atom. The second-order valence-corrected chi connectivity index (χ2v) is 5.24. The summed E-state index contributed by atoms with van der Waals surface area (Å²) in [7, 11) is 1.54. The van der Waals surface area contributed by atoms with E-state index in [-0.39, 0.29) is 12.3 Å². The molecule has 2 rings (SSSR count). The summed E-state index contributed by atoms with van der Waals surface area (Å²) in [6.07, 6.45) is 3.44. The third kappa shape index (κ3) is 4.08. The molecule has 0 saturated heterocycles. The van der Waals surface area contributed by atoms with Gasteiger partial charge in [0.25, 0.3) is 0 Å². The summed E-state index contributed by atoms with van der Waals surface area (Å²) >= 11 is 3.36. The van der Waals surface area contributed by atoms with E-state index in [0.29, 0.717) is 18.8 Å². The third-order valence-electron chi connectivity index (χ3n) is 2.79. The average Bonchev–Trinajstić information content (AvgIpc) is 2.80. The van der Waals surface area contributed by atoms with Gasteiger partial charge in [0, 0.05) is 24.0 Å². The zero-order chi connectivity index (χ0) is 15.2. The minimum atomic E-state index is -0.497. The van der Waals surface area contributed by atoms with Crippen molar-refractivity contribution in [3.05, 3.63) is 39.9 Å². The van der Waals surface area contributed by atoms with E-state index in [0.717, 1.165) is 10.0 Å². The summed E-state index contributed by atoms with van der Waals surface area (Å²) in [5.74, 6) is -0.497. The molecule has 0 fully saturated rings. The molecule has 0 aliphatic rings. The molecule has 0 bridgehead atoms. The minimum Gasteiger partial charge on any atom is -0.458 e. The highest BCUT2D eigenvalue weighted by molar-refractivity contribution is 9.10. The van der Waals surface area contributed by atoms with Crippen LogP contribution in [0.1, 0.15) is 21.7 Å². The topological polar surface area (TPSA) is 79.1 Å². The summed E-state index contributed by atoms with van der Waals surface area (Å²) < 4.78 is 12.4. The molecule has 0 unspecified atom stereocenters. The highest BCUT2D eigenvalue weighted by Crippen LogP contribution is 2.12. The molecular formula is C13H15BrN4O3. The first-order valence-electron chi connectivity index (χ1n) is 6.27. The zero-order valence-corrected chi connectivity index (χ0v) is 13.3. The number of carbonyl (C=O) groups excluding carboxylic acids is 1. The maximum atomic E-state index is 11.8. The van der Waals surface area contributed by atoms with Gasteiger partial charge in [0.1, 0.15) is 6.61 Å². The fourth-order valence-electron chi connectivity index (χ4n) is 1.70. The molecule has 0 spiro atoms. The first-order chi connectivity index (χ1) is 10.1. The highest BCUT2D eigenvalue weighted by atomic mass is 79.9. The van der Waals surface area contributed by atoms with E-state index in [4.69, 9.17) is 9.47 Å². The molecule has 0 aliphatic carbocycles. The number of hydrogen-bond donors (Lipinski definition) is 0. The van der Waals surface area contributed by atoms with Crippen LogP contribution in [0.5, 0.6) is 0 Å². The van der Waals surface area contributed by atoms with Crippen molar-refractivity contribution < 1.29 is 14.3 Å². The number of esters is 1. The molecule has 0 aromatic carbocycles. The number of methoxy groups -OCH3 is 1. The van der Waals surface area contributed by atoms with Gasteiger partial charge in [0.05, 0.1) is 18.8 Å². The normalized spacial score (nSPS) is 10.6. The fourth-order valence-corrected chi connectivity index (χ4v) is 2.11. The van der Waals surface area contributed by atoms with Crippen LogP contribution in [0.25, 0.3) is 0 Å². The summed E-state index contributed by atoms with van der Waals surface area (Å²) in [5.41, 5.74) is 1.82. The predicted molar refractivity (Wildman–Crippen MR) is 78.0 cm³/mol. The van der Waals surface area contributed by atoms with Gasteiger partial charge in [-0.15, -0.1) is 5.10 Å². The second-order valence-electron chi connectivity index (χ2n) is 4.32. The number of carbonyl (C=O) groups is 1. The average molecular weight is 355 g/mol. The molecular weight excluding hydrogens is 340 g/mol. The fraction of sp³-hybridized carbons (Fsp3) is 0.385. The van der Waals surface area contributed by atoms with Crippen LogP contribution in [0, 0.1) is 6.92 Å². The molecule has 0 amide bonds. The first-order valence-corrected chi connectivity index (χ1v) is 7.06. The number of aromatic nitrogens is 4. The van der Waals surface area contributed by atoms with Gasteiger partial charge in [0.2, 0.25) is 0 Å². The molecule has 0 saturated carbocycles. The molecule has 2 aromatic heterocycles. The van der Waals surface area contributed by atoms with Crippen molar-refractivity contribution in [2.75, 3.05) is 20.3 Å². The van der Waals surface area contributed by atoms with Gasteiger partial charge in [-0.2, -0.15) is 0 Å². The smallest absolute Gasteiger partial charge is 0.360 e. The number of rotatable bonds is 6. The molecule has 2 heterocycles. The standard InChI is InChI=1S/C13H15BrN4O3/c1-9-12(13(19)21-4-3-20-2)16-17-18(9)8-10-5-11(14)7-15-6-10/h5-7H,3-4,8H2,1-2H3. The summed E-state index contributed by atoms with van der Waals surface area (Å²) in [6, 6.07) is 1.94. The largest absolute Gasteiger partial charge is 0.458 e. The molecule has 0 atom stereocenters. The molecule has 0 N–H and O–H groups in total. The van der Waals surface area contributed by atoms with Gasteiger partial charge >= 0.3 is 5.97 Å². The van der Waals surface area contributed by atoms with E-state index < -0.39 is 5.97 Å². The summed E-state index contributed by atoms with van der Waals surface area (Å²) in [5, 5.41) is 7.86. The van der Waals surface area contributed by atoms with E-state index in [1.54, 1.807) is 31.1 Å². The number of halogens is 1. The quantitative estimate of drug-likeness (QED) is 0.579. The molecule has 8 heteroatoms. The lowest BCUT2D eigenvalue weighted by Crippen LogP contribution is -2.12. The number of hydrogen-bond acceptors (Lipinski definition) is 6. The van der Waals surface area contributed by atoms with Crippen LogP contribution < -0.4 is 0 Å². The van der Waals surface area contributed by atoms with Crippen molar-refractivity contribution in [1.29, 1.82) is 0 Å². The van der Waals surface area contributed by atoms with Crippen LogP contribution in [0.4, 0.5) is 0 Å². The Hall–Kier alpha value is -1.80. The summed E-state index contributed by atoms with van der Waals surface area (Å²) in [6.45, 7) is 2.80. The molecule has 7 nitrogen and oxygen atoms in total. The maximum absolute atomic E-state index is 11.8. The van der Waals surface area contributed by atoms with Crippen molar-refractivity contribution in [2.45, 2.75) is 13.5 Å². The Labute approximate surface area is 130 Å². The second kappa shape index (κ2) is 7.28. The number of nitrogens with zero attached hydrogens (tertiary/aromatic N) is 4. The first kappa shape index (κ1) is 15.6. The predicted octanol–water partition coefficient (Wildman–Crippen LogP) is 1.60. The third-order valence-corrected chi connectivity index (χ3v) is 3.22. The lowest BCUT2D eigenvalue weighted by atomic mass is 10.3. The molecule has 2 aromatic rings.